The number of ether oxygens (including phenoxy) is 12. The van der Waals surface area contributed by atoms with E-state index in [2.05, 4.69) is 102 Å². The van der Waals surface area contributed by atoms with Gasteiger partial charge in [-0.25, -0.2) is 19.6 Å². The van der Waals surface area contributed by atoms with Crippen LogP contribution in [0.15, 0.2) is 182 Å². The van der Waals surface area contributed by atoms with Crippen LogP contribution < -0.4 is 72.5 Å². The van der Waals surface area contributed by atoms with Gasteiger partial charge in [0.05, 0.1) is 97.0 Å². The Kier molecular flexibility index (Phi) is 43.9. The first kappa shape index (κ1) is 116. The Morgan fingerprint density at radius 3 is 1.05 bits per heavy atom. The third kappa shape index (κ3) is 27.2. The van der Waals surface area contributed by atoms with E-state index < -0.39 is 0 Å². The third-order valence-electron chi connectivity index (χ3n) is 27.8. The third-order valence-corrected chi connectivity index (χ3v) is 27.8. The Hall–Kier alpha value is -8.33. The van der Waals surface area contributed by atoms with E-state index in [1.807, 2.05) is 180 Å². The summed E-state index contributed by atoms with van der Waals surface area (Å²) in [5, 5.41) is 0. The second-order valence-electron chi connectivity index (χ2n) is 37.2. The first-order valence-corrected chi connectivity index (χ1v) is 49.4. The van der Waals surface area contributed by atoms with Gasteiger partial charge in [-0.2, -0.15) is 0 Å². The Morgan fingerprint density at radius 2 is 0.671 bits per heavy atom. The van der Waals surface area contributed by atoms with Crippen molar-refractivity contribution in [1.29, 1.82) is 0 Å². The molecule has 4 amide bonds. The number of carbonyl (C=O) groups excluding carboxylic acids is 6. The average molecular weight is 2550 g/mol. The summed E-state index contributed by atoms with van der Waals surface area (Å²) in [4.78, 5) is 100. The molecule has 763 valence electrons. The molecule has 0 N–H and O–H groups in total. The van der Waals surface area contributed by atoms with E-state index in [-0.39, 0.29) is 226 Å². The van der Waals surface area contributed by atoms with E-state index >= 15 is 0 Å². The van der Waals surface area contributed by atoms with E-state index in [0.29, 0.717) is 176 Å². The number of aryl methyl sites for hydroxylation is 3. The zero-order chi connectivity index (χ0) is 98.3. The summed E-state index contributed by atoms with van der Waals surface area (Å²) in [7, 11) is 12.4. The summed E-state index contributed by atoms with van der Waals surface area (Å²) < 4.78 is 72.1. The summed E-state index contributed by atoms with van der Waals surface area (Å²) in [5.41, 5.74) is 21.4. The molecular formula is C114H130N9O18W2Y3-3. The van der Waals surface area contributed by atoms with Crippen molar-refractivity contribution in [3.05, 3.63) is 285 Å². The molecule has 32 heteroatoms. The molecule has 146 heavy (non-hydrogen) atoms. The molecule has 18 rings (SSSR count). The van der Waals surface area contributed by atoms with Gasteiger partial charge in [-0.3, -0.25) is 28.8 Å². The molecule has 27 nitrogen and oxygen atoms in total. The van der Waals surface area contributed by atoms with Gasteiger partial charge in [0.15, 0.2) is 23.0 Å². The quantitative estimate of drug-likeness (QED) is 0.0254. The zero-order valence-corrected chi connectivity index (χ0v) is 99.9. The number of rotatable bonds is 44. The fraction of sp³-hybridized carbons (Fsp3) is 0.395. The minimum Gasteiger partial charge on any atom is -0.522 e. The fourth-order valence-corrected chi connectivity index (χ4v) is 20.5. The summed E-state index contributed by atoms with van der Waals surface area (Å²) >= 11 is 0. The fourth-order valence-electron chi connectivity index (χ4n) is 20.5. The number of hydrogen-bond acceptors (Lipinski definition) is 23. The van der Waals surface area contributed by atoms with Gasteiger partial charge in [0.25, 0.3) is 23.6 Å². The zero-order valence-electron chi connectivity index (χ0n) is 85.5. The molecule has 0 aliphatic carbocycles. The van der Waals surface area contributed by atoms with E-state index in [1.165, 1.54) is 11.1 Å². The van der Waals surface area contributed by atoms with Crippen LogP contribution in [0.4, 0.5) is 51.2 Å². The number of amides is 4. The number of hydrogen-bond donors (Lipinski definition) is 0. The molecule has 0 aromatic heterocycles. The standard InChI is InChI=1S/C57H65N5O9.C57H65N4O9.2W.3Y/c1-7-46(63)15-12-18-60(19-20-68-23-24-69-22-21-66-5)43-27-39(36-70-53-32-51-47(25-38(53)2)56(64)61-44(34-58(51)3)29-41-13-8-10-16-49(41)61)26-40(28-43)37-71-55-33-52-48(31-54(55)67-6)57(65)62-45(35-59(52)4)30-42-14-9-11-17-50(42)62;1-6-47(62)14-11-19-59(20-21-67-24-25-68-23-22-65-4)45-28-39(36-69-53-32-41-17-18-44-30-42-12-7-9-15-50(42)60(44)56(63)48(41)26-38(53)2)27-40(29-45)37-70-55-34-52-49(33-54(55)66-5)57(64)61-46(35-58(52)3)31-43-13-8-10-16-51(43)61;;;;;/h8-11,13-14,16-17,25-28,31-35,44-45H,7,12,15,18-24,29-30,36-37H2,1-6H3;7-10,12-13,15-16,26-29,32-35,44,46H,6,11,14,17-25,30-31,36-37H2,1-5H3;;;;;/q-2;-1;;;;;/t44-,45-;44-,46+;;;;;/m01...../s1. The minimum absolute atomic E-state index is 0. The topological polar surface area (TPSA) is 242 Å². The van der Waals surface area contributed by atoms with Crippen LogP contribution in [0, 0.1) is 33.5 Å². The van der Waals surface area contributed by atoms with E-state index in [4.69, 9.17) is 56.8 Å². The Labute approximate surface area is 963 Å². The predicted molar refractivity (Wildman–Crippen MR) is 548 cm³/mol. The number of likely N-dealkylation sites (N-methyl/N-ethyl adjacent to an activating group) is 3. The van der Waals surface area contributed by atoms with Crippen molar-refractivity contribution in [2.24, 2.45) is 0 Å². The number of benzene rings is 10. The Balaban J connectivity index is 0.000000251. The average Bonchev–Trinajstić information content (AvgIpc) is 1.64. The minimum atomic E-state index is -0.120. The molecule has 3 radical (unpaired) electrons. The van der Waals surface area contributed by atoms with Crippen LogP contribution >= 0.6 is 0 Å². The summed E-state index contributed by atoms with van der Waals surface area (Å²) in [6, 6.07) is 60.3. The number of carbonyl (C=O) groups is 6. The molecule has 4 atom stereocenters. The summed E-state index contributed by atoms with van der Waals surface area (Å²) in [6.45, 7) is 22.2. The number of para-hydroxylation sites is 4. The molecule has 0 saturated carbocycles. The molecule has 0 spiro atoms. The summed E-state index contributed by atoms with van der Waals surface area (Å²) in [6.07, 6.45) is 8.10. The molecule has 8 heterocycles. The van der Waals surface area contributed by atoms with Crippen molar-refractivity contribution in [1.82, 2.24) is 0 Å². The van der Waals surface area contributed by atoms with Gasteiger partial charge in [-0.05, 0) is 239 Å². The van der Waals surface area contributed by atoms with Crippen LogP contribution in [0.25, 0.3) is 0 Å². The first-order chi connectivity index (χ1) is 68.7. The van der Waals surface area contributed by atoms with E-state index in [0.717, 1.165) is 151 Å². The van der Waals surface area contributed by atoms with Crippen molar-refractivity contribution in [3.63, 3.8) is 0 Å². The second-order valence-corrected chi connectivity index (χ2v) is 37.2. The first-order valence-electron chi connectivity index (χ1n) is 49.4. The van der Waals surface area contributed by atoms with Gasteiger partial charge >= 0.3 is 0 Å². The maximum atomic E-state index is 14.3. The van der Waals surface area contributed by atoms with E-state index in [1.54, 1.807) is 40.6 Å². The number of ketones is 2. The van der Waals surface area contributed by atoms with Crippen molar-refractivity contribution >= 4 is 86.4 Å². The van der Waals surface area contributed by atoms with Crippen molar-refractivity contribution < 1.29 is 226 Å². The molecule has 10 aromatic carbocycles. The number of methoxy groups -OCH3 is 4. The van der Waals surface area contributed by atoms with Crippen LogP contribution in [0.3, 0.4) is 0 Å². The van der Waals surface area contributed by atoms with Crippen LogP contribution in [-0.2, 0) is 237 Å². The smallest absolute Gasteiger partial charge is 0.258 e. The number of fused-ring (bicyclic) bond motifs is 16. The SMILES string of the molecule is CCC(=O)CCCN(CCOCCOCCOC)c1cc(COc2cc3c(cc2C)C(=O)N2c4ccccc4C[C@H]2CC3)cc(COc2cc3c(cc2OC)C(=O)N2c4ccccc4C[C@H]2[CH-]N3C)c1.CCC(=O)CCCN(CCOCCOCCOC)c1cc(COc2cc3c(cc2C)C(=O)N2c4ccccc4C[C@H]2[CH-]N3C)cc(COc2cc3c(cc2OC)C(=O)N2c4ccccc4C[C@H]2[CH-]N3C)c1.[W].[W].[Y].[Y].[Y]. The van der Waals surface area contributed by atoms with Crippen molar-refractivity contribution in [2.75, 3.05) is 186 Å². The maximum Gasteiger partial charge on any atom is 0.258 e. The molecule has 0 saturated heterocycles. The van der Waals surface area contributed by atoms with Crippen LogP contribution in [0.5, 0.6) is 34.5 Å². The van der Waals surface area contributed by atoms with Crippen LogP contribution in [0.2, 0.25) is 0 Å². The van der Waals surface area contributed by atoms with Crippen LogP contribution in [0.1, 0.15) is 161 Å². The predicted octanol–water partition coefficient (Wildman–Crippen LogP) is 17.9. The van der Waals surface area contributed by atoms with Gasteiger partial charge < -0.3 is 101 Å². The number of nitrogens with zero attached hydrogens (tertiary/aromatic N) is 9. The summed E-state index contributed by atoms with van der Waals surface area (Å²) in [5.74, 6) is 3.63. The van der Waals surface area contributed by atoms with Crippen molar-refractivity contribution in [3.8, 4) is 34.5 Å². The molecule has 8 aliphatic heterocycles. The second kappa shape index (κ2) is 55.1. The molecule has 10 aromatic rings. The molecule has 0 unspecified atom stereocenters. The molecule has 8 aliphatic rings. The largest absolute Gasteiger partial charge is 0.522 e. The molecule has 0 bridgehead atoms. The number of anilines is 9. The maximum absolute atomic E-state index is 14.3. The Bertz CT molecular complexity index is 6220. The van der Waals surface area contributed by atoms with Crippen molar-refractivity contribution in [2.45, 2.75) is 155 Å². The molecular weight excluding hydrogens is 2420 g/mol. The van der Waals surface area contributed by atoms with E-state index in [9.17, 15) is 28.8 Å². The van der Waals surface area contributed by atoms with Crippen LogP contribution in [-0.4, -0.2) is 201 Å². The van der Waals surface area contributed by atoms with Gasteiger partial charge in [0, 0.05) is 287 Å². The molecule has 0 fully saturated rings. The van der Waals surface area contributed by atoms with Gasteiger partial charge in [0.1, 0.15) is 49.5 Å². The van der Waals surface area contributed by atoms with Gasteiger partial charge in [-0.15, -0.1) is 0 Å². The monoisotopic (exact) mass is 2550 g/mol. The Morgan fingerprint density at radius 1 is 0.349 bits per heavy atom. The van der Waals surface area contributed by atoms with Gasteiger partial charge in [-0.1, -0.05) is 105 Å². The van der Waals surface area contributed by atoms with Gasteiger partial charge in [0.2, 0.25) is 0 Å². The number of Topliss-reactive ketones (excluding diaryl/α,β-unsaturated/α-hetero) is 2. The normalized spacial score (nSPS) is 16.1.